The zero-order chi connectivity index (χ0) is 28.8. The summed E-state index contributed by atoms with van der Waals surface area (Å²) in [6.07, 6.45) is 3.99. The van der Waals surface area contributed by atoms with Crippen LogP contribution in [-0.2, 0) is 22.7 Å². The van der Waals surface area contributed by atoms with Crippen LogP contribution in [0.3, 0.4) is 0 Å². The number of halogens is 1. The lowest BCUT2D eigenvalue weighted by Gasteiger charge is -2.32. The van der Waals surface area contributed by atoms with Gasteiger partial charge in [0.1, 0.15) is 18.4 Å². The summed E-state index contributed by atoms with van der Waals surface area (Å²) in [5.74, 6) is -0.985. The van der Waals surface area contributed by atoms with Crippen molar-refractivity contribution in [3.8, 4) is 11.4 Å². The molecule has 0 radical (unpaired) electrons. The smallest absolute Gasteiger partial charge is 0.247 e. The minimum atomic E-state index is -0.880. The van der Waals surface area contributed by atoms with Crippen LogP contribution < -0.4 is 10.2 Å². The minimum Gasteiger partial charge on any atom is -0.378 e. The lowest BCUT2D eigenvalue weighted by Crippen LogP contribution is -2.46. The first-order valence-corrected chi connectivity index (χ1v) is 13.8. The molecule has 1 saturated carbocycles. The Morgan fingerprint density at radius 1 is 0.976 bits per heavy atom. The lowest BCUT2D eigenvalue weighted by atomic mass is 10.0. The summed E-state index contributed by atoms with van der Waals surface area (Å²) in [5.41, 5.74) is 2.76. The van der Waals surface area contributed by atoms with E-state index >= 15 is 0 Å². The van der Waals surface area contributed by atoms with Crippen LogP contribution in [0.1, 0.15) is 42.9 Å². The highest BCUT2D eigenvalue weighted by atomic mass is 19.1. The molecule has 1 atom stereocenters. The van der Waals surface area contributed by atoms with Gasteiger partial charge in [0.2, 0.25) is 17.6 Å². The van der Waals surface area contributed by atoms with Crippen molar-refractivity contribution in [1.29, 1.82) is 0 Å². The number of carbonyl (C=O) groups excluding carboxylic acids is 2. The normalized spacial score (nSPS) is 14.0. The summed E-state index contributed by atoms with van der Waals surface area (Å²) in [4.78, 5) is 32.6. The number of benzene rings is 3. The Hall–Kier alpha value is -4.60. The maximum atomic E-state index is 14.3. The monoisotopic (exact) mass is 555 g/mol. The van der Waals surface area contributed by atoms with Crippen molar-refractivity contribution in [3.63, 3.8) is 0 Å². The minimum absolute atomic E-state index is 0.0834. The van der Waals surface area contributed by atoms with Gasteiger partial charge in [0.15, 0.2) is 0 Å². The predicted molar refractivity (Wildman–Crippen MR) is 154 cm³/mol. The lowest BCUT2D eigenvalue weighted by molar-refractivity contribution is -0.142. The SMILES string of the molecule is CN(C)c1ccc([C@@H](C(=O)NC2CCCC2)N(Cc2ccccc2)C(=O)Cn2nnc(-c3ccccc3F)n2)cc1. The number of nitrogens with one attached hydrogen (secondary N) is 1. The third-order valence-corrected chi connectivity index (χ3v) is 7.35. The highest BCUT2D eigenvalue weighted by Gasteiger charge is 2.34. The van der Waals surface area contributed by atoms with Gasteiger partial charge in [-0.2, -0.15) is 4.80 Å². The molecule has 41 heavy (non-hydrogen) atoms. The second kappa shape index (κ2) is 12.7. The van der Waals surface area contributed by atoms with E-state index in [2.05, 4.69) is 20.7 Å². The number of tetrazole rings is 1. The van der Waals surface area contributed by atoms with Crippen molar-refractivity contribution in [2.24, 2.45) is 0 Å². The number of hydrogen-bond donors (Lipinski definition) is 1. The number of rotatable bonds is 10. The van der Waals surface area contributed by atoms with Gasteiger partial charge in [-0.1, -0.05) is 67.4 Å². The topological polar surface area (TPSA) is 96.2 Å². The van der Waals surface area contributed by atoms with E-state index in [1.807, 2.05) is 73.6 Å². The Labute approximate surface area is 239 Å². The van der Waals surface area contributed by atoms with Crippen molar-refractivity contribution in [2.75, 3.05) is 19.0 Å². The maximum Gasteiger partial charge on any atom is 0.247 e. The first-order chi connectivity index (χ1) is 19.9. The first-order valence-electron chi connectivity index (χ1n) is 13.8. The van der Waals surface area contributed by atoms with E-state index in [4.69, 9.17) is 0 Å². The van der Waals surface area contributed by atoms with Gasteiger partial charge in [0, 0.05) is 32.4 Å². The van der Waals surface area contributed by atoms with Crippen LogP contribution in [0.15, 0.2) is 78.9 Å². The van der Waals surface area contributed by atoms with Crippen LogP contribution in [0.2, 0.25) is 0 Å². The average molecular weight is 556 g/mol. The first kappa shape index (κ1) is 27.9. The molecule has 3 aromatic carbocycles. The highest BCUT2D eigenvalue weighted by molar-refractivity contribution is 5.89. The molecule has 1 fully saturated rings. The quantitative estimate of drug-likeness (QED) is 0.312. The molecule has 2 amide bonds. The average Bonchev–Trinajstić information content (AvgIpc) is 3.66. The van der Waals surface area contributed by atoms with E-state index in [9.17, 15) is 14.0 Å². The van der Waals surface area contributed by atoms with Crippen LogP contribution in [0, 0.1) is 5.82 Å². The van der Waals surface area contributed by atoms with Crippen molar-refractivity contribution in [2.45, 2.75) is 50.9 Å². The van der Waals surface area contributed by atoms with E-state index in [0.717, 1.165) is 41.7 Å². The fourth-order valence-electron chi connectivity index (χ4n) is 5.15. The number of carbonyl (C=O) groups is 2. The van der Waals surface area contributed by atoms with E-state index in [-0.39, 0.29) is 42.3 Å². The molecule has 1 N–H and O–H groups in total. The molecule has 9 nitrogen and oxygen atoms in total. The Bertz CT molecular complexity index is 1470. The summed E-state index contributed by atoms with van der Waals surface area (Å²) in [6, 6.07) is 22.6. The molecule has 0 aliphatic heterocycles. The van der Waals surface area contributed by atoms with E-state index in [0.29, 0.717) is 5.56 Å². The Balaban J connectivity index is 1.48. The zero-order valence-corrected chi connectivity index (χ0v) is 23.3. The zero-order valence-electron chi connectivity index (χ0n) is 23.3. The van der Waals surface area contributed by atoms with Crippen LogP contribution in [0.5, 0.6) is 0 Å². The Morgan fingerprint density at radius 3 is 2.34 bits per heavy atom. The van der Waals surface area contributed by atoms with Crippen LogP contribution in [0.4, 0.5) is 10.1 Å². The van der Waals surface area contributed by atoms with Crippen molar-refractivity contribution in [3.05, 3.63) is 95.8 Å². The molecular weight excluding hydrogens is 521 g/mol. The number of aromatic nitrogens is 4. The fraction of sp³-hybridized carbons (Fsp3) is 0.323. The second-order valence-corrected chi connectivity index (χ2v) is 10.5. The summed E-state index contributed by atoms with van der Waals surface area (Å²) in [6.45, 7) is -0.0655. The number of hydrogen-bond acceptors (Lipinski definition) is 6. The number of amides is 2. The second-order valence-electron chi connectivity index (χ2n) is 10.5. The summed E-state index contributed by atoms with van der Waals surface area (Å²) < 4.78 is 14.3. The van der Waals surface area contributed by atoms with Crippen LogP contribution >= 0.6 is 0 Å². The summed E-state index contributed by atoms with van der Waals surface area (Å²) in [7, 11) is 3.90. The standard InChI is InChI=1S/C31H34FN7O2/c1-37(2)25-18-16-23(17-19-25)29(31(41)33-24-12-6-7-13-24)38(20-22-10-4-3-5-11-22)28(40)21-39-35-30(34-36-39)26-14-8-9-15-27(26)32/h3-5,8-11,14-19,24,29H,6-7,12-13,20-21H2,1-2H3,(H,33,41)/t29-/m0/s1. The molecule has 5 rings (SSSR count). The third kappa shape index (κ3) is 6.77. The van der Waals surface area contributed by atoms with Gasteiger partial charge < -0.3 is 15.1 Å². The molecule has 0 spiro atoms. The Kier molecular flexibility index (Phi) is 8.67. The van der Waals surface area contributed by atoms with E-state index in [1.54, 1.807) is 23.1 Å². The molecule has 1 aliphatic rings. The number of anilines is 1. The third-order valence-electron chi connectivity index (χ3n) is 7.35. The van der Waals surface area contributed by atoms with Crippen molar-refractivity contribution in [1.82, 2.24) is 30.4 Å². The molecule has 4 aromatic rings. The van der Waals surface area contributed by atoms with Gasteiger partial charge in [0.25, 0.3) is 0 Å². The van der Waals surface area contributed by atoms with Crippen LogP contribution in [0.25, 0.3) is 11.4 Å². The van der Waals surface area contributed by atoms with E-state index < -0.39 is 11.9 Å². The van der Waals surface area contributed by atoms with Gasteiger partial charge in [0.05, 0.1) is 5.56 Å². The molecular formula is C31H34FN7O2. The summed E-state index contributed by atoms with van der Waals surface area (Å²) >= 11 is 0. The summed E-state index contributed by atoms with van der Waals surface area (Å²) in [5, 5.41) is 15.4. The predicted octanol–water partition coefficient (Wildman–Crippen LogP) is 4.37. The molecule has 212 valence electrons. The van der Waals surface area contributed by atoms with E-state index in [1.165, 1.54) is 6.07 Å². The van der Waals surface area contributed by atoms with Gasteiger partial charge in [-0.15, -0.1) is 10.2 Å². The van der Waals surface area contributed by atoms with Gasteiger partial charge in [-0.3, -0.25) is 9.59 Å². The Morgan fingerprint density at radius 2 is 1.66 bits per heavy atom. The van der Waals surface area contributed by atoms with Gasteiger partial charge in [-0.05, 0) is 53.4 Å². The molecule has 1 aromatic heterocycles. The van der Waals surface area contributed by atoms with Gasteiger partial charge >= 0.3 is 0 Å². The van der Waals surface area contributed by atoms with Crippen molar-refractivity contribution < 1.29 is 14.0 Å². The highest BCUT2D eigenvalue weighted by Crippen LogP contribution is 2.28. The van der Waals surface area contributed by atoms with Crippen molar-refractivity contribution >= 4 is 17.5 Å². The largest absolute Gasteiger partial charge is 0.378 e. The molecule has 1 aliphatic carbocycles. The molecule has 10 heteroatoms. The molecule has 0 bridgehead atoms. The number of nitrogens with zero attached hydrogens (tertiary/aromatic N) is 6. The molecule has 1 heterocycles. The molecule has 0 unspecified atom stereocenters. The molecule has 0 saturated heterocycles. The van der Waals surface area contributed by atoms with Crippen LogP contribution in [-0.4, -0.2) is 57.1 Å². The fourth-order valence-corrected chi connectivity index (χ4v) is 5.15. The maximum absolute atomic E-state index is 14.3. The van der Waals surface area contributed by atoms with Gasteiger partial charge in [-0.25, -0.2) is 4.39 Å².